The van der Waals surface area contributed by atoms with Gasteiger partial charge < -0.3 is 25.3 Å². The molecule has 4 atom stereocenters. The van der Waals surface area contributed by atoms with E-state index in [1.54, 1.807) is 15.9 Å². The predicted octanol–water partition coefficient (Wildman–Crippen LogP) is 2.96. The van der Waals surface area contributed by atoms with E-state index in [4.69, 9.17) is 0 Å². The van der Waals surface area contributed by atoms with E-state index < -0.39 is 30.1 Å². The zero-order chi connectivity index (χ0) is 26.5. The summed E-state index contributed by atoms with van der Waals surface area (Å²) < 4.78 is 56.2. The van der Waals surface area contributed by atoms with Crippen LogP contribution in [0.15, 0.2) is 24.5 Å². The third kappa shape index (κ3) is 4.99. The number of rotatable bonds is 5. The van der Waals surface area contributed by atoms with E-state index in [0.717, 1.165) is 11.6 Å². The third-order valence-electron chi connectivity index (χ3n) is 7.00. The second-order valence-electron chi connectivity index (χ2n) is 9.85. The molecule has 14 heteroatoms. The van der Waals surface area contributed by atoms with E-state index in [1.165, 1.54) is 25.4 Å². The monoisotopic (exact) mass is 524 g/mol. The van der Waals surface area contributed by atoms with Crippen molar-refractivity contribution in [1.29, 1.82) is 0 Å². The molecule has 3 N–H and O–H groups in total. The lowest BCUT2D eigenvalue weighted by Gasteiger charge is -2.38. The van der Waals surface area contributed by atoms with Crippen LogP contribution in [0.25, 0.3) is 10.9 Å². The molecule has 3 aromatic rings. The highest BCUT2D eigenvalue weighted by atomic mass is 19.4. The minimum absolute atomic E-state index is 0.0663. The standard InChI is InChI=1S/C23H28F4N8O2/c1-13(23(25,26)27)35-16-9-19(29-10-15(16)20(32-35)33-7-4-14(36)11-33)30-18-3-6-28-21(31-18)34-8-5-22(2,37)17(24)12-34/h3,6,9-10,13-14,17,36-37H,4-5,7-8,11-12H2,1-2H3,(H,28,29,30,31)/t13?,14-,17-,22+/m1/s1. The first-order valence-electron chi connectivity index (χ1n) is 12.0. The van der Waals surface area contributed by atoms with Gasteiger partial charge in [-0.25, -0.2) is 14.4 Å². The molecule has 0 aromatic carbocycles. The van der Waals surface area contributed by atoms with Gasteiger partial charge in [0.25, 0.3) is 0 Å². The Morgan fingerprint density at radius 3 is 2.62 bits per heavy atom. The number of hydrogen-bond donors (Lipinski definition) is 3. The van der Waals surface area contributed by atoms with Crippen LogP contribution in [-0.2, 0) is 0 Å². The molecule has 5 heterocycles. The van der Waals surface area contributed by atoms with Crippen LogP contribution in [0.3, 0.4) is 0 Å². The van der Waals surface area contributed by atoms with E-state index in [1.807, 2.05) is 0 Å². The molecule has 37 heavy (non-hydrogen) atoms. The zero-order valence-corrected chi connectivity index (χ0v) is 20.3. The van der Waals surface area contributed by atoms with Gasteiger partial charge in [0.2, 0.25) is 5.95 Å². The molecule has 0 spiro atoms. The number of aliphatic hydroxyl groups is 2. The fraction of sp³-hybridized carbons (Fsp3) is 0.565. The first-order chi connectivity index (χ1) is 17.4. The molecule has 3 aromatic heterocycles. The molecule has 2 aliphatic heterocycles. The largest absolute Gasteiger partial charge is 0.410 e. The maximum atomic E-state index is 14.3. The summed E-state index contributed by atoms with van der Waals surface area (Å²) in [6.07, 6.45) is -2.91. The number of aliphatic hydroxyl groups excluding tert-OH is 1. The van der Waals surface area contributed by atoms with E-state index in [-0.39, 0.29) is 36.8 Å². The minimum atomic E-state index is -4.52. The van der Waals surface area contributed by atoms with Crippen LogP contribution in [0.2, 0.25) is 0 Å². The summed E-state index contributed by atoms with van der Waals surface area (Å²) in [5.41, 5.74) is -1.18. The summed E-state index contributed by atoms with van der Waals surface area (Å²) >= 11 is 0. The molecule has 2 fully saturated rings. The van der Waals surface area contributed by atoms with Crippen molar-refractivity contribution < 1.29 is 27.8 Å². The SMILES string of the molecule is CC(n1nc(N2CC[C@@H](O)C2)c2cnc(Nc3ccnc(N4CC[C@](C)(O)[C@H](F)C4)n3)cc21)C(F)(F)F. The van der Waals surface area contributed by atoms with Gasteiger partial charge in [-0.15, -0.1) is 0 Å². The quantitative estimate of drug-likeness (QED) is 0.434. The number of anilines is 4. The Kier molecular flexibility index (Phi) is 6.34. The number of nitrogens with one attached hydrogen (secondary N) is 1. The van der Waals surface area contributed by atoms with Crippen LogP contribution in [0, 0.1) is 0 Å². The summed E-state index contributed by atoms with van der Waals surface area (Å²) in [5, 5.41) is 27.7. The molecule has 2 aliphatic rings. The van der Waals surface area contributed by atoms with Gasteiger partial charge in [-0.05, 0) is 32.8 Å². The molecule has 2 saturated heterocycles. The highest BCUT2D eigenvalue weighted by Gasteiger charge is 2.40. The number of halogens is 4. The van der Waals surface area contributed by atoms with Gasteiger partial charge in [0, 0.05) is 38.1 Å². The molecule has 5 rings (SSSR count). The molecule has 200 valence electrons. The molecule has 0 radical (unpaired) electrons. The number of alkyl halides is 4. The topological polar surface area (TPSA) is 115 Å². The van der Waals surface area contributed by atoms with Crippen molar-refractivity contribution in [3.8, 4) is 0 Å². The molecule has 0 amide bonds. The number of piperidine rings is 1. The van der Waals surface area contributed by atoms with E-state index in [2.05, 4.69) is 25.4 Å². The Morgan fingerprint density at radius 1 is 1.16 bits per heavy atom. The second-order valence-corrected chi connectivity index (χ2v) is 9.85. The molecular weight excluding hydrogens is 496 g/mol. The number of fused-ring (bicyclic) bond motifs is 1. The van der Waals surface area contributed by atoms with Gasteiger partial charge in [0.05, 0.1) is 29.2 Å². The Balaban J connectivity index is 1.45. The first kappa shape index (κ1) is 25.4. The number of pyridine rings is 1. The van der Waals surface area contributed by atoms with E-state index in [9.17, 15) is 27.8 Å². The summed E-state index contributed by atoms with van der Waals surface area (Å²) in [7, 11) is 0. The fourth-order valence-electron chi connectivity index (χ4n) is 4.57. The normalized spacial score (nSPS) is 25.6. The molecule has 10 nitrogen and oxygen atoms in total. The van der Waals surface area contributed by atoms with E-state index in [0.29, 0.717) is 36.5 Å². The van der Waals surface area contributed by atoms with Crippen molar-refractivity contribution in [2.45, 2.75) is 56.8 Å². The summed E-state index contributed by atoms with van der Waals surface area (Å²) in [5.74, 6) is 1.16. The van der Waals surface area contributed by atoms with Crippen LogP contribution in [0.1, 0.15) is 32.7 Å². The second kappa shape index (κ2) is 9.24. The van der Waals surface area contributed by atoms with Crippen molar-refractivity contribution in [2.24, 2.45) is 0 Å². The highest BCUT2D eigenvalue weighted by Crippen LogP contribution is 2.37. The predicted molar refractivity (Wildman–Crippen MR) is 129 cm³/mol. The molecule has 0 saturated carbocycles. The van der Waals surface area contributed by atoms with Crippen molar-refractivity contribution >= 4 is 34.3 Å². The average molecular weight is 525 g/mol. The van der Waals surface area contributed by atoms with Crippen molar-refractivity contribution in [2.75, 3.05) is 41.3 Å². The van der Waals surface area contributed by atoms with Crippen LogP contribution < -0.4 is 15.1 Å². The van der Waals surface area contributed by atoms with E-state index >= 15 is 0 Å². The highest BCUT2D eigenvalue weighted by molar-refractivity contribution is 5.92. The first-order valence-corrected chi connectivity index (χ1v) is 12.0. The van der Waals surface area contributed by atoms with Gasteiger partial charge in [0.1, 0.15) is 23.8 Å². The Hall–Kier alpha value is -3.26. The Labute approximate surface area is 209 Å². The maximum Gasteiger partial charge on any atom is 0.410 e. The third-order valence-corrected chi connectivity index (χ3v) is 7.00. The average Bonchev–Trinajstić information content (AvgIpc) is 3.43. The lowest BCUT2D eigenvalue weighted by molar-refractivity contribution is -0.164. The number of hydrogen-bond acceptors (Lipinski definition) is 9. The van der Waals surface area contributed by atoms with Gasteiger partial charge in [0.15, 0.2) is 5.82 Å². The lowest BCUT2D eigenvalue weighted by atomic mass is 9.92. The van der Waals surface area contributed by atoms with Crippen LogP contribution in [0.4, 0.5) is 41.0 Å². The van der Waals surface area contributed by atoms with Crippen molar-refractivity contribution in [3.63, 3.8) is 0 Å². The molecule has 0 bridgehead atoms. The minimum Gasteiger partial charge on any atom is -0.391 e. The summed E-state index contributed by atoms with van der Waals surface area (Å²) in [6, 6.07) is 1.15. The molecule has 0 aliphatic carbocycles. The van der Waals surface area contributed by atoms with Gasteiger partial charge in [-0.2, -0.15) is 23.3 Å². The Morgan fingerprint density at radius 2 is 1.95 bits per heavy atom. The molecular formula is C23H28F4N8O2. The maximum absolute atomic E-state index is 14.3. The van der Waals surface area contributed by atoms with Crippen LogP contribution >= 0.6 is 0 Å². The number of aromatic nitrogens is 5. The van der Waals surface area contributed by atoms with Gasteiger partial charge in [-0.1, -0.05) is 0 Å². The lowest BCUT2D eigenvalue weighted by Crippen LogP contribution is -2.52. The Bertz CT molecular complexity index is 1280. The smallest absolute Gasteiger partial charge is 0.391 e. The van der Waals surface area contributed by atoms with Crippen molar-refractivity contribution in [1.82, 2.24) is 24.7 Å². The summed E-state index contributed by atoms with van der Waals surface area (Å²) in [6.45, 7) is 3.54. The molecule has 1 unspecified atom stereocenters. The van der Waals surface area contributed by atoms with Gasteiger partial charge >= 0.3 is 6.18 Å². The zero-order valence-electron chi connectivity index (χ0n) is 20.3. The van der Waals surface area contributed by atoms with Gasteiger partial charge in [-0.3, -0.25) is 4.68 Å². The number of β-amino-alcohol motifs (C(OH)–C–C–N with tert-alkyl or cyclic N) is 1. The fourth-order valence-corrected chi connectivity index (χ4v) is 4.57. The van der Waals surface area contributed by atoms with Crippen LogP contribution in [0.5, 0.6) is 0 Å². The summed E-state index contributed by atoms with van der Waals surface area (Å²) in [4.78, 5) is 16.3. The number of nitrogens with zero attached hydrogens (tertiary/aromatic N) is 7. The van der Waals surface area contributed by atoms with Crippen molar-refractivity contribution in [3.05, 3.63) is 24.5 Å². The van der Waals surface area contributed by atoms with Crippen LogP contribution in [-0.4, -0.2) is 85.2 Å².